The maximum Gasteiger partial charge on any atom is 0.267 e. The molecule has 0 unspecified atom stereocenters. The number of aromatic nitrogens is 2. The van der Waals surface area contributed by atoms with Crippen molar-refractivity contribution in [2.75, 3.05) is 6.54 Å². The molecule has 3 rings (SSSR count). The van der Waals surface area contributed by atoms with Gasteiger partial charge in [-0.3, -0.25) is 9.69 Å². The summed E-state index contributed by atoms with van der Waals surface area (Å²) in [7, 11) is 0. The molecule has 0 saturated carbocycles. The summed E-state index contributed by atoms with van der Waals surface area (Å²) in [6, 6.07) is 4.38. The molecule has 25 heavy (non-hydrogen) atoms. The zero-order chi connectivity index (χ0) is 18.0. The zero-order valence-corrected chi connectivity index (χ0v) is 15.5. The minimum atomic E-state index is -0.492. The maximum absolute atomic E-state index is 14.0. The Bertz CT molecular complexity index is 889. The largest absolute Gasteiger partial charge is 0.282 e. The Hall–Kier alpha value is -2.03. The van der Waals surface area contributed by atoms with Gasteiger partial charge < -0.3 is 0 Å². The smallest absolute Gasteiger partial charge is 0.267 e. The van der Waals surface area contributed by atoms with Gasteiger partial charge >= 0.3 is 0 Å². The molecule has 128 valence electrons. The number of aryl methyl sites for hydroxylation is 1. The summed E-state index contributed by atoms with van der Waals surface area (Å²) in [6.07, 6.45) is 3.03. The molecule has 5 nitrogen and oxygen atoms in total. The van der Waals surface area contributed by atoms with Crippen molar-refractivity contribution in [3.05, 3.63) is 57.2 Å². The average Bonchev–Trinajstić information content (AvgIpc) is 3.10. The van der Waals surface area contributed by atoms with Crippen LogP contribution in [0.25, 0.3) is 6.08 Å². The highest BCUT2D eigenvalue weighted by molar-refractivity contribution is 8.18. The van der Waals surface area contributed by atoms with Gasteiger partial charge in [-0.15, -0.1) is 16.8 Å². The van der Waals surface area contributed by atoms with E-state index >= 15 is 0 Å². The molecular weight excluding hydrogens is 383 g/mol. The third kappa shape index (κ3) is 3.81. The van der Waals surface area contributed by atoms with Crippen molar-refractivity contribution in [3.63, 3.8) is 0 Å². The zero-order valence-electron chi connectivity index (χ0n) is 13.1. The number of amidine groups is 1. The number of carbonyl (C=O) groups excluding carboxylic acids is 1. The van der Waals surface area contributed by atoms with Crippen LogP contribution in [0.1, 0.15) is 10.6 Å². The van der Waals surface area contributed by atoms with E-state index in [2.05, 4.69) is 21.8 Å². The SMILES string of the molecule is C=CCN1C(=O)/C(=C/c2c(F)cccc2Cl)S/C1=N/c1nnc(C)s1. The number of hydrogen-bond donors (Lipinski definition) is 0. The van der Waals surface area contributed by atoms with E-state index in [1.165, 1.54) is 34.4 Å². The van der Waals surface area contributed by atoms with Crippen molar-refractivity contribution in [2.24, 2.45) is 4.99 Å². The van der Waals surface area contributed by atoms with E-state index in [0.29, 0.717) is 15.2 Å². The second kappa shape index (κ2) is 7.47. The van der Waals surface area contributed by atoms with Gasteiger partial charge in [-0.05, 0) is 36.9 Å². The minimum Gasteiger partial charge on any atom is -0.282 e. The topological polar surface area (TPSA) is 58.5 Å². The molecule has 2 aromatic rings. The van der Waals surface area contributed by atoms with Gasteiger partial charge in [0.25, 0.3) is 5.91 Å². The van der Waals surface area contributed by atoms with Crippen molar-refractivity contribution in [1.29, 1.82) is 0 Å². The normalized spacial score (nSPS) is 17.7. The number of amides is 1. The molecule has 0 bridgehead atoms. The number of benzene rings is 1. The highest BCUT2D eigenvalue weighted by Crippen LogP contribution is 2.36. The summed E-state index contributed by atoms with van der Waals surface area (Å²) in [6.45, 7) is 5.76. The van der Waals surface area contributed by atoms with Gasteiger partial charge in [-0.2, -0.15) is 4.99 Å². The van der Waals surface area contributed by atoms with Crippen LogP contribution in [0.4, 0.5) is 9.52 Å². The van der Waals surface area contributed by atoms with Crippen molar-refractivity contribution < 1.29 is 9.18 Å². The molecule has 1 aromatic heterocycles. The Morgan fingerprint density at radius 3 is 2.88 bits per heavy atom. The number of rotatable bonds is 4. The van der Waals surface area contributed by atoms with Crippen molar-refractivity contribution in [3.8, 4) is 0 Å². The molecule has 9 heteroatoms. The summed E-state index contributed by atoms with van der Waals surface area (Å²) in [5.41, 5.74) is 0.173. The number of aliphatic imine (C=N–C) groups is 1. The monoisotopic (exact) mass is 394 g/mol. The van der Waals surface area contributed by atoms with E-state index in [1.807, 2.05) is 6.92 Å². The van der Waals surface area contributed by atoms with Gasteiger partial charge in [0.15, 0.2) is 5.17 Å². The fraction of sp³-hybridized carbons (Fsp3) is 0.125. The second-order valence-electron chi connectivity index (χ2n) is 4.95. The van der Waals surface area contributed by atoms with Crippen LogP contribution in [-0.2, 0) is 4.79 Å². The van der Waals surface area contributed by atoms with Crippen LogP contribution in [0.3, 0.4) is 0 Å². The van der Waals surface area contributed by atoms with E-state index in [0.717, 1.165) is 16.8 Å². The molecular formula is C16H12ClFN4OS2. The van der Waals surface area contributed by atoms with E-state index < -0.39 is 5.82 Å². The molecule has 1 aliphatic heterocycles. The van der Waals surface area contributed by atoms with E-state index in [-0.39, 0.29) is 23.0 Å². The lowest BCUT2D eigenvalue weighted by Crippen LogP contribution is -2.29. The average molecular weight is 395 g/mol. The molecule has 1 fully saturated rings. The maximum atomic E-state index is 14.0. The number of nitrogens with zero attached hydrogens (tertiary/aromatic N) is 4. The van der Waals surface area contributed by atoms with Gasteiger partial charge in [-0.1, -0.05) is 35.1 Å². The number of halogens is 2. The summed E-state index contributed by atoms with van der Waals surface area (Å²) in [4.78, 5) is 18.8. The van der Waals surface area contributed by atoms with Crippen molar-refractivity contribution >= 4 is 57.0 Å². The summed E-state index contributed by atoms with van der Waals surface area (Å²) < 4.78 is 14.0. The Kier molecular flexibility index (Phi) is 5.31. The van der Waals surface area contributed by atoms with E-state index in [1.54, 1.807) is 12.1 Å². The minimum absolute atomic E-state index is 0.173. The molecule has 1 aromatic carbocycles. The first-order valence-corrected chi connectivity index (χ1v) is 9.16. The highest BCUT2D eigenvalue weighted by atomic mass is 35.5. The number of hydrogen-bond acceptors (Lipinski definition) is 6. The van der Waals surface area contributed by atoms with Crippen LogP contribution in [-0.4, -0.2) is 32.7 Å². The number of carbonyl (C=O) groups is 1. The van der Waals surface area contributed by atoms with Crippen molar-refractivity contribution in [1.82, 2.24) is 15.1 Å². The van der Waals surface area contributed by atoms with Crippen LogP contribution in [0.2, 0.25) is 5.02 Å². The molecule has 0 radical (unpaired) electrons. The third-order valence-corrected chi connectivity index (χ3v) is 5.25. The van der Waals surface area contributed by atoms with Gasteiger partial charge in [0.05, 0.1) is 9.93 Å². The van der Waals surface area contributed by atoms with Gasteiger partial charge in [0, 0.05) is 12.1 Å². The summed E-state index contributed by atoms with van der Waals surface area (Å²) in [5, 5.41) is 9.75. The number of thioether (sulfide) groups is 1. The lowest BCUT2D eigenvalue weighted by Gasteiger charge is -2.11. The standard InChI is InChI=1S/C16H12ClFN4OS2/c1-3-7-22-14(23)13(8-10-11(17)5-4-6-12(10)18)25-16(22)19-15-21-20-9(2)24-15/h3-6,8H,1,7H2,2H3/b13-8-,19-16+. The van der Waals surface area contributed by atoms with Gasteiger partial charge in [-0.25, -0.2) is 4.39 Å². The van der Waals surface area contributed by atoms with Crippen LogP contribution < -0.4 is 0 Å². The quantitative estimate of drug-likeness (QED) is 0.568. The fourth-order valence-corrected chi connectivity index (χ4v) is 3.88. The molecule has 1 saturated heterocycles. The Labute approximate surface area is 156 Å². The Balaban J connectivity index is 2.00. The predicted molar refractivity (Wildman–Crippen MR) is 101 cm³/mol. The van der Waals surface area contributed by atoms with Crippen LogP contribution in [0, 0.1) is 12.7 Å². The first-order chi connectivity index (χ1) is 12.0. The molecule has 0 atom stereocenters. The van der Waals surface area contributed by atoms with E-state index in [9.17, 15) is 9.18 Å². The van der Waals surface area contributed by atoms with Crippen LogP contribution >= 0.6 is 34.7 Å². The Morgan fingerprint density at radius 1 is 1.44 bits per heavy atom. The van der Waals surface area contributed by atoms with Crippen LogP contribution in [0.15, 0.2) is 40.8 Å². The van der Waals surface area contributed by atoms with Gasteiger partial charge in [0.1, 0.15) is 10.8 Å². The first-order valence-electron chi connectivity index (χ1n) is 7.14. The molecule has 1 aliphatic rings. The van der Waals surface area contributed by atoms with Crippen LogP contribution in [0.5, 0.6) is 0 Å². The molecule has 0 N–H and O–H groups in total. The molecule has 0 aliphatic carbocycles. The second-order valence-corrected chi connectivity index (χ2v) is 7.52. The highest BCUT2D eigenvalue weighted by Gasteiger charge is 2.33. The third-order valence-electron chi connectivity index (χ3n) is 3.18. The Morgan fingerprint density at radius 2 is 2.24 bits per heavy atom. The summed E-state index contributed by atoms with van der Waals surface area (Å²) >= 11 is 8.50. The molecule has 1 amide bonds. The fourth-order valence-electron chi connectivity index (χ4n) is 2.07. The molecule has 0 spiro atoms. The van der Waals surface area contributed by atoms with E-state index in [4.69, 9.17) is 11.6 Å². The summed E-state index contributed by atoms with van der Waals surface area (Å²) in [5.74, 6) is -0.780. The predicted octanol–water partition coefficient (Wildman–Crippen LogP) is 4.43. The lowest BCUT2D eigenvalue weighted by atomic mass is 10.2. The molecule has 2 heterocycles. The van der Waals surface area contributed by atoms with Gasteiger partial charge in [0.2, 0.25) is 5.13 Å². The van der Waals surface area contributed by atoms with Crippen molar-refractivity contribution in [2.45, 2.75) is 6.92 Å². The first kappa shape index (κ1) is 17.8. The lowest BCUT2D eigenvalue weighted by molar-refractivity contribution is -0.121.